The van der Waals surface area contributed by atoms with Crippen LogP contribution in [0, 0.1) is 0 Å². The lowest BCUT2D eigenvalue weighted by Crippen LogP contribution is -2.28. The molecule has 0 saturated carbocycles. The Kier molecular flexibility index (Phi) is 6.14. The molecule has 0 aromatic rings. The molecular formula is C14H22O7. The third-order valence-corrected chi connectivity index (χ3v) is 2.68. The van der Waals surface area contributed by atoms with Crippen LogP contribution in [0.25, 0.3) is 0 Å². The molecule has 0 radical (unpaired) electrons. The molecule has 0 aromatic carbocycles. The molecule has 1 saturated heterocycles. The summed E-state index contributed by atoms with van der Waals surface area (Å²) in [7, 11) is 0. The molecule has 1 fully saturated rings. The Balaban J connectivity index is 2.14. The van der Waals surface area contributed by atoms with E-state index in [1.807, 2.05) is 0 Å². The van der Waals surface area contributed by atoms with Crippen LogP contribution < -0.4 is 0 Å². The quantitative estimate of drug-likeness (QED) is 0.570. The summed E-state index contributed by atoms with van der Waals surface area (Å²) in [6.07, 6.45) is -1.30. The SMILES string of the molecule is CC(C)(C)OC(=O)CCCC(=O)OC[C@H]1OC(=O)C[C@@H]1O. The zero-order valence-electron chi connectivity index (χ0n) is 12.6. The van der Waals surface area contributed by atoms with Crippen LogP contribution in [0.15, 0.2) is 0 Å². The fraction of sp³-hybridized carbons (Fsp3) is 0.786. The smallest absolute Gasteiger partial charge is 0.309 e. The highest BCUT2D eigenvalue weighted by Crippen LogP contribution is 2.15. The van der Waals surface area contributed by atoms with Crippen molar-refractivity contribution >= 4 is 17.9 Å². The average molecular weight is 302 g/mol. The van der Waals surface area contributed by atoms with Gasteiger partial charge >= 0.3 is 17.9 Å². The molecule has 7 heteroatoms. The summed E-state index contributed by atoms with van der Waals surface area (Å²) in [5.74, 6) is -1.38. The summed E-state index contributed by atoms with van der Waals surface area (Å²) in [4.78, 5) is 33.8. The molecule has 0 amide bonds. The normalized spacial score (nSPS) is 21.8. The summed E-state index contributed by atoms with van der Waals surface area (Å²) in [5, 5.41) is 9.43. The van der Waals surface area contributed by atoms with Gasteiger partial charge in [-0.25, -0.2) is 0 Å². The fourth-order valence-corrected chi connectivity index (χ4v) is 1.76. The summed E-state index contributed by atoms with van der Waals surface area (Å²) in [5.41, 5.74) is -0.542. The van der Waals surface area contributed by atoms with Crippen LogP contribution in [-0.4, -0.2) is 47.4 Å². The summed E-state index contributed by atoms with van der Waals surface area (Å²) < 4.78 is 14.8. The molecule has 21 heavy (non-hydrogen) atoms. The molecule has 1 aliphatic rings. The van der Waals surface area contributed by atoms with Crippen molar-refractivity contribution in [2.45, 2.75) is 64.3 Å². The van der Waals surface area contributed by atoms with Gasteiger partial charge in [0.15, 0.2) is 6.10 Å². The molecule has 120 valence electrons. The van der Waals surface area contributed by atoms with Crippen molar-refractivity contribution in [2.75, 3.05) is 6.61 Å². The van der Waals surface area contributed by atoms with E-state index in [2.05, 4.69) is 0 Å². The fourth-order valence-electron chi connectivity index (χ4n) is 1.76. The number of ether oxygens (including phenoxy) is 3. The molecule has 0 bridgehead atoms. The zero-order chi connectivity index (χ0) is 16.0. The second-order valence-electron chi connectivity index (χ2n) is 5.92. The molecule has 1 rings (SSSR count). The second kappa shape index (κ2) is 7.40. The second-order valence-corrected chi connectivity index (χ2v) is 5.92. The molecule has 1 heterocycles. The summed E-state index contributed by atoms with van der Waals surface area (Å²) >= 11 is 0. The first-order chi connectivity index (χ1) is 9.67. The summed E-state index contributed by atoms with van der Waals surface area (Å²) in [6.45, 7) is 5.15. The van der Waals surface area contributed by atoms with Gasteiger partial charge in [-0.05, 0) is 27.2 Å². The monoisotopic (exact) mass is 302 g/mol. The zero-order valence-corrected chi connectivity index (χ0v) is 12.6. The molecule has 1 N–H and O–H groups in total. The van der Waals surface area contributed by atoms with Gasteiger partial charge in [-0.15, -0.1) is 0 Å². The van der Waals surface area contributed by atoms with E-state index >= 15 is 0 Å². The maximum atomic E-state index is 11.5. The van der Waals surface area contributed by atoms with Crippen molar-refractivity contribution in [3.8, 4) is 0 Å². The molecule has 0 spiro atoms. The van der Waals surface area contributed by atoms with E-state index in [1.165, 1.54) is 0 Å². The van der Waals surface area contributed by atoms with E-state index in [-0.39, 0.29) is 31.8 Å². The molecule has 0 unspecified atom stereocenters. The molecule has 0 aromatic heterocycles. The van der Waals surface area contributed by atoms with Crippen molar-refractivity contribution in [3.05, 3.63) is 0 Å². The number of rotatable bonds is 6. The topological polar surface area (TPSA) is 99.1 Å². The Morgan fingerprint density at radius 1 is 1.29 bits per heavy atom. The van der Waals surface area contributed by atoms with Crippen LogP contribution in [0.3, 0.4) is 0 Å². The van der Waals surface area contributed by atoms with Gasteiger partial charge in [-0.1, -0.05) is 0 Å². The third-order valence-electron chi connectivity index (χ3n) is 2.68. The number of carbonyl (C=O) groups excluding carboxylic acids is 3. The third kappa shape index (κ3) is 7.08. The van der Waals surface area contributed by atoms with Gasteiger partial charge in [0.2, 0.25) is 0 Å². The van der Waals surface area contributed by atoms with Crippen LogP contribution >= 0.6 is 0 Å². The lowest BCUT2D eigenvalue weighted by molar-refractivity contribution is -0.156. The number of hydrogen-bond acceptors (Lipinski definition) is 7. The van der Waals surface area contributed by atoms with E-state index in [0.717, 1.165) is 0 Å². The van der Waals surface area contributed by atoms with Crippen molar-refractivity contribution < 1.29 is 33.7 Å². The number of aliphatic hydroxyl groups excluding tert-OH is 1. The molecule has 1 aliphatic heterocycles. The Morgan fingerprint density at radius 2 is 1.90 bits per heavy atom. The van der Waals surface area contributed by atoms with Crippen LogP contribution in [0.2, 0.25) is 0 Å². The molecular weight excluding hydrogens is 280 g/mol. The van der Waals surface area contributed by atoms with Gasteiger partial charge in [-0.3, -0.25) is 14.4 Å². The van der Waals surface area contributed by atoms with Gasteiger partial charge < -0.3 is 19.3 Å². The molecule has 0 aliphatic carbocycles. The average Bonchev–Trinajstić information content (AvgIpc) is 2.63. The van der Waals surface area contributed by atoms with Gasteiger partial charge in [-0.2, -0.15) is 0 Å². The van der Waals surface area contributed by atoms with E-state index < -0.39 is 29.7 Å². The number of esters is 3. The lowest BCUT2D eigenvalue weighted by atomic mass is 10.2. The maximum Gasteiger partial charge on any atom is 0.309 e. The minimum atomic E-state index is -0.938. The number of cyclic esters (lactones) is 1. The number of carbonyl (C=O) groups is 3. The first kappa shape index (κ1) is 17.4. The minimum Gasteiger partial charge on any atom is -0.462 e. The van der Waals surface area contributed by atoms with E-state index in [4.69, 9.17) is 14.2 Å². The lowest BCUT2D eigenvalue weighted by Gasteiger charge is -2.19. The van der Waals surface area contributed by atoms with Crippen LogP contribution in [0.5, 0.6) is 0 Å². The van der Waals surface area contributed by atoms with Crippen LogP contribution in [-0.2, 0) is 28.6 Å². The van der Waals surface area contributed by atoms with Crippen molar-refractivity contribution in [2.24, 2.45) is 0 Å². The van der Waals surface area contributed by atoms with Crippen LogP contribution in [0.4, 0.5) is 0 Å². The molecule has 2 atom stereocenters. The van der Waals surface area contributed by atoms with E-state index in [0.29, 0.717) is 6.42 Å². The predicted molar refractivity (Wildman–Crippen MR) is 71.2 cm³/mol. The Labute approximate surface area is 123 Å². The predicted octanol–water partition coefficient (Wildman–Crippen LogP) is 0.718. The van der Waals surface area contributed by atoms with Crippen LogP contribution in [0.1, 0.15) is 46.5 Å². The Hall–Kier alpha value is -1.63. The number of aliphatic hydroxyl groups is 1. The highest BCUT2D eigenvalue weighted by molar-refractivity contribution is 5.73. The van der Waals surface area contributed by atoms with Crippen molar-refractivity contribution in [3.63, 3.8) is 0 Å². The Bertz CT molecular complexity index is 397. The first-order valence-electron chi connectivity index (χ1n) is 6.92. The van der Waals surface area contributed by atoms with Crippen molar-refractivity contribution in [1.82, 2.24) is 0 Å². The maximum absolute atomic E-state index is 11.5. The standard InChI is InChI=1S/C14H22O7/c1-14(2,3)21-12(17)6-4-5-11(16)19-8-10-9(15)7-13(18)20-10/h9-10,15H,4-8H2,1-3H3/t9-,10+/m0/s1. The minimum absolute atomic E-state index is 0.0655. The highest BCUT2D eigenvalue weighted by Gasteiger charge is 2.34. The van der Waals surface area contributed by atoms with Crippen molar-refractivity contribution in [1.29, 1.82) is 0 Å². The highest BCUT2D eigenvalue weighted by atomic mass is 16.6. The van der Waals surface area contributed by atoms with E-state index in [9.17, 15) is 19.5 Å². The van der Waals surface area contributed by atoms with Gasteiger partial charge in [0, 0.05) is 12.8 Å². The first-order valence-corrected chi connectivity index (χ1v) is 6.92. The van der Waals surface area contributed by atoms with Gasteiger partial charge in [0.05, 0.1) is 6.42 Å². The summed E-state index contributed by atoms with van der Waals surface area (Å²) in [6, 6.07) is 0. The Morgan fingerprint density at radius 3 is 2.43 bits per heavy atom. The van der Waals surface area contributed by atoms with E-state index in [1.54, 1.807) is 20.8 Å². The number of hydrogen-bond donors (Lipinski definition) is 1. The largest absolute Gasteiger partial charge is 0.462 e. The van der Waals surface area contributed by atoms with Gasteiger partial charge in [0.1, 0.15) is 18.3 Å². The van der Waals surface area contributed by atoms with Gasteiger partial charge in [0.25, 0.3) is 0 Å². The molecule has 7 nitrogen and oxygen atoms in total.